The van der Waals surface area contributed by atoms with Crippen LogP contribution in [-0.2, 0) is 16.1 Å². The zero-order valence-corrected chi connectivity index (χ0v) is 15.3. The lowest BCUT2D eigenvalue weighted by atomic mass is 9.98. The molecule has 0 bridgehead atoms. The largest absolute Gasteiger partial charge is 0.461 e. The molecule has 0 saturated heterocycles. The number of carbonyl (C=O) groups is 1. The van der Waals surface area contributed by atoms with Crippen LogP contribution in [0.5, 0.6) is 0 Å². The summed E-state index contributed by atoms with van der Waals surface area (Å²) in [6, 6.07) is 3.94. The summed E-state index contributed by atoms with van der Waals surface area (Å²) in [7, 11) is 0. The minimum Gasteiger partial charge on any atom is -0.461 e. The zero-order valence-electron chi connectivity index (χ0n) is 13.6. The third kappa shape index (κ3) is 3.39. The first-order valence-electron chi connectivity index (χ1n) is 8.42. The Labute approximate surface area is 152 Å². The van der Waals surface area contributed by atoms with Crippen LogP contribution < -0.4 is 5.56 Å². The predicted octanol–water partition coefficient (Wildman–Crippen LogP) is 4.06. The number of hydrogen-bond acceptors (Lipinski definition) is 6. The normalized spacial score (nSPS) is 15.5. The van der Waals surface area contributed by atoms with Crippen molar-refractivity contribution in [3.63, 3.8) is 0 Å². The Morgan fingerprint density at radius 2 is 2.12 bits per heavy atom. The van der Waals surface area contributed by atoms with Crippen molar-refractivity contribution >= 4 is 38.9 Å². The number of thiophene rings is 2. The molecule has 3 heterocycles. The van der Waals surface area contributed by atoms with Crippen LogP contribution in [0.2, 0.25) is 0 Å². The Kier molecular flexibility index (Phi) is 4.67. The van der Waals surface area contributed by atoms with Crippen LogP contribution in [-0.4, -0.2) is 21.6 Å². The summed E-state index contributed by atoms with van der Waals surface area (Å²) in [5.74, 6) is -0.358. The lowest BCUT2D eigenvalue weighted by molar-refractivity contribution is -0.151. The Balaban J connectivity index is 1.60. The second-order valence-corrected chi connectivity index (χ2v) is 8.04. The van der Waals surface area contributed by atoms with Gasteiger partial charge in [-0.1, -0.05) is 12.5 Å². The van der Waals surface area contributed by atoms with Gasteiger partial charge in [0, 0.05) is 15.8 Å². The molecular weight excluding hydrogens is 356 g/mol. The van der Waals surface area contributed by atoms with E-state index < -0.39 is 0 Å². The number of hydrogen-bond donors (Lipinski definition) is 0. The van der Waals surface area contributed by atoms with Crippen LogP contribution in [0.4, 0.5) is 0 Å². The van der Waals surface area contributed by atoms with Crippen molar-refractivity contribution in [2.75, 3.05) is 0 Å². The molecule has 0 aliphatic heterocycles. The number of nitrogens with zero attached hydrogens (tertiary/aromatic N) is 2. The van der Waals surface area contributed by atoms with E-state index in [9.17, 15) is 9.59 Å². The molecule has 0 amide bonds. The highest BCUT2D eigenvalue weighted by Gasteiger charge is 2.19. The monoisotopic (exact) mass is 374 g/mol. The summed E-state index contributed by atoms with van der Waals surface area (Å²) in [5, 5.41) is 4.52. The second-order valence-electron chi connectivity index (χ2n) is 6.23. The average Bonchev–Trinajstić information content (AvgIpc) is 3.27. The van der Waals surface area contributed by atoms with E-state index >= 15 is 0 Å². The molecule has 1 saturated carbocycles. The molecule has 25 heavy (non-hydrogen) atoms. The van der Waals surface area contributed by atoms with E-state index in [-0.39, 0.29) is 24.2 Å². The quantitative estimate of drug-likeness (QED) is 0.646. The lowest BCUT2D eigenvalue weighted by Crippen LogP contribution is -2.28. The highest BCUT2D eigenvalue weighted by atomic mass is 32.1. The van der Waals surface area contributed by atoms with Gasteiger partial charge in [0.25, 0.3) is 5.56 Å². The number of rotatable bonds is 4. The van der Waals surface area contributed by atoms with Gasteiger partial charge in [-0.3, -0.25) is 14.2 Å². The maximum absolute atomic E-state index is 12.9. The first-order valence-corrected chi connectivity index (χ1v) is 10.2. The Morgan fingerprint density at radius 3 is 2.88 bits per heavy atom. The molecule has 0 unspecified atom stereocenters. The molecule has 7 heteroatoms. The third-order valence-corrected chi connectivity index (χ3v) is 6.29. The van der Waals surface area contributed by atoms with Crippen molar-refractivity contribution in [1.82, 2.24) is 9.55 Å². The van der Waals surface area contributed by atoms with Gasteiger partial charge in [-0.15, -0.1) is 22.7 Å². The Bertz CT molecular complexity index is 937. The average molecular weight is 374 g/mol. The maximum atomic E-state index is 12.9. The van der Waals surface area contributed by atoms with E-state index in [1.807, 2.05) is 22.9 Å². The molecule has 3 aromatic rings. The topological polar surface area (TPSA) is 61.2 Å². The van der Waals surface area contributed by atoms with Gasteiger partial charge in [0.15, 0.2) is 0 Å². The molecule has 1 fully saturated rings. The number of aromatic nitrogens is 2. The van der Waals surface area contributed by atoms with E-state index in [2.05, 4.69) is 4.98 Å². The Morgan fingerprint density at radius 1 is 1.28 bits per heavy atom. The van der Waals surface area contributed by atoms with Crippen molar-refractivity contribution in [2.45, 2.75) is 44.8 Å². The maximum Gasteiger partial charge on any atom is 0.326 e. The number of esters is 1. The first-order chi connectivity index (χ1) is 12.2. The van der Waals surface area contributed by atoms with Crippen LogP contribution in [0.3, 0.4) is 0 Å². The summed E-state index contributed by atoms with van der Waals surface area (Å²) in [5.41, 5.74) is 0.706. The summed E-state index contributed by atoms with van der Waals surface area (Å²) in [6.07, 6.45) is 6.70. The smallest absolute Gasteiger partial charge is 0.326 e. The molecule has 0 N–H and O–H groups in total. The summed E-state index contributed by atoms with van der Waals surface area (Å²) in [4.78, 5) is 31.2. The fourth-order valence-electron chi connectivity index (χ4n) is 3.24. The first kappa shape index (κ1) is 16.5. The molecule has 1 aliphatic rings. The van der Waals surface area contributed by atoms with Crippen LogP contribution in [0.1, 0.15) is 32.1 Å². The van der Waals surface area contributed by atoms with Crippen LogP contribution >= 0.6 is 22.7 Å². The van der Waals surface area contributed by atoms with E-state index in [0.717, 1.165) is 36.1 Å². The summed E-state index contributed by atoms with van der Waals surface area (Å²) >= 11 is 3.03. The van der Waals surface area contributed by atoms with Gasteiger partial charge in [-0.25, -0.2) is 4.98 Å². The number of ether oxygens (including phenoxy) is 1. The fourth-order valence-corrected chi connectivity index (χ4v) is 4.96. The predicted molar refractivity (Wildman–Crippen MR) is 100 cm³/mol. The minimum atomic E-state index is -0.358. The summed E-state index contributed by atoms with van der Waals surface area (Å²) in [6.45, 7) is -0.0853. The van der Waals surface area contributed by atoms with Crippen molar-refractivity contribution < 1.29 is 9.53 Å². The molecular formula is C18H18N2O3S2. The number of fused-ring (bicyclic) bond motifs is 1. The Hall–Kier alpha value is -1.99. The van der Waals surface area contributed by atoms with Crippen molar-refractivity contribution in [3.8, 4) is 10.4 Å². The molecule has 3 aromatic heterocycles. The van der Waals surface area contributed by atoms with Crippen LogP contribution in [0, 0.1) is 0 Å². The van der Waals surface area contributed by atoms with Crippen molar-refractivity contribution in [1.29, 1.82) is 0 Å². The van der Waals surface area contributed by atoms with Gasteiger partial charge in [0.1, 0.15) is 17.5 Å². The van der Waals surface area contributed by atoms with Crippen molar-refractivity contribution in [2.24, 2.45) is 0 Å². The molecule has 1 aliphatic carbocycles. The van der Waals surface area contributed by atoms with Crippen molar-refractivity contribution in [3.05, 3.63) is 39.6 Å². The van der Waals surface area contributed by atoms with E-state index in [1.165, 1.54) is 28.7 Å². The third-order valence-electron chi connectivity index (χ3n) is 4.50. The van der Waals surface area contributed by atoms with Gasteiger partial charge in [-0.05, 0) is 37.1 Å². The molecule has 4 rings (SSSR count). The highest BCUT2D eigenvalue weighted by molar-refractivity contribution is 7.18. The fraction of sp³-hybridized carbons (Fsp3) is 0.389. The van der Waals surface area contributed by atoms with E-state index in [1.54, 1.807) is 11.3 Å². The molecule has 0 radical (unpaired) electrons. The molecule has 130 valence electrons. The second kappa shape index (κ2) is 7.09. The van der Waals surface area contributed by atoms with E-state index in [0.29, 0.717) is 10.2 Å². The van der Waals surface area contributed by atoms with E-state index in [4.69, 9.17) is 4.74 Å². The number of carbonyl (C=O) groups excluding carboxylic acids is 1. The van der Waals surface area contributed by atoms with Gasteiger partial charge >= 0.3 is 5.97 Å². The van der Waals surface area contributed by atoms with Crippen LogP contribution in [0.25, 0.3) is 20.7 Å². The molecule has 5 nitrogen and oxygen atoms in total. The summed E-state index contributed by atoms with van der Waals surface area (Å²) < 4.78 is 6.88. The molecule has 0 spiro atoms. The molecule has 0 atom stereocenters. The van der Waals surface area contributed by atoms with Gasteiger partial charge < -0.3 is 4.74 Å². The SMILES string of the molecule is O=C(Cn1cnc2scc(-c3cccs3)c2c1=O)OC1CCCCC1. The van der Waals surface area contributed by atoms with Crippen LogP contribution in [0.15, 0.2) is 34.0 Å². The minimum absolute atomic E-state index is 0.00327. The van der Waals surface area contributed by atoms with Gasteiger partial charge in [-0.2, -0.15) is 0 Å². The standard InChI is InChI=1S/C18H18N2O3S2/c21-15(23-12-5-2-1-3-6-12)9-20-11-19-17-16(18(20)22)13(10-25-17)14-7-4-8-24-14/h4,7-8,10-12H,1-3,5-6,9H2. The van der Waals surface area contributed by atoms with Gasteiger partial charge in [0.05, 0.1) is 11.7 Å². The lowest BCUT2D eigenvalue weighted by Gasteiger charge is -2.21. The highest BCUT2D eigenvalue weighted by Crippen LogP contribution is 2.33. The molecule has 0 aromatic carbocycles. The van der Waals surface area contributed by atoms with Gasteiger partial charge in [0.2, 0.25) is 0 Å². The zero-order chi connectivity index (χ0) is 17.2.